The molecule has 0 aromatic heterocycles. The highest BCUT2D eigenvalue weighted by Gasteiger charge is 2.23. The minimum atomic E-state index is -0.773. The Balaban J connectivity index is 2.19. The van der Waals surface area contributed by atoms with Crippen LogP contribution in [0.25, 0.3) is 0 Å². The molecule has 1 atom stereocenters. The predicted octanol–water partition coefficient (Wildman–Crippen LogP) is 2.83. The van der Waals surface area contributed by atoms with Crippen LogP contribution in [0.15, 0.2) is 42.5 Å². The molecule has 1 amide bonds. The van der Waals surface area contributed by atoms with Crippen molar-refractivity contribution in [3.05, 3.63) is 64.7 Å². The smallest absolute Gasteiger partial charge is 0.328 e. The van der Waals surface area contributed by atoms with Crippen molar-refractivity contribution in [1.82, 2.24) is 5.32 Å². The number of benzene rings is 2. The van der Waals surface area contributed by atoms with Crippen LogP contribution in [0.4, 0.5) is 0 Å². The first-order valence-corrected chi connectivity index (χ1v) is 8.03. The number of hydrogen-bond acceptors (Lipinski definition) is 4. The lowest BCUT2D eigenvalue weighted by Gasteiger charge is -2.17. The van der Waals surface area contributed by atoms with E-state index in [0.717, 1.165) is 16.7 Å². The summed E-state index contributed by atoms with van der Waals surface area (Å²) in [5.41, 5.74) is 3.38. The van der Waals surface area contributed by atoms with Gasteiger partial charge < -0.3 is 14.8 Å². The number of esters is 1. The standard InChI is InChI=1S/C20H23NO4/c1-13-8-14(2)10-16(9-13)19(22)21-18(20(23)25-4)12-15-6-5-7-17(11-15)24-3/h5-11,18H,12H2,1-4H3,(H,21,22)/t18-/m0/s1. The summed E-state index contributed by atoms with van der Waals surface area (Å²) < 4.78 is 10.0. The van der Waals surface area contributed by atoms with E-state index < -0.39 is 12.0 Å². The SMILES string of the molecule is COC(=O)[C@H](Cc1cccc(OC)c1)NC(=O)c1cc(C)cc(C)c1. The fraction of sp³-hybridized carbons (Fsp3) is 0.300. The van der Waals surface area contributed by atoms with Gasteiger partial charge in [0.25, 0.3) is 5.91 Å². The zero-order chi connectivity index (χ0) is 18.4. The molecule has 0 aliphatic carbocycles. The van der Waals surface area contributed by atoms with Gasteiger partial charge in [-0.05, 0) is 43.7 Å². The zero-order valence-electron chi connectivity index (χ0n) is 15.0. The Morgan fingerprint density at radius 3 is 2.32 bits per heavy atom. The van der Waals surface area contributed by atoms with Crippen LogP contribution < -0.4 is 10.1 Å². The Kier molecular flexibility index (Phi) is 6.17. The molecule has 0 fully saturated rings. The van der Waals surface area contributed by atoms with Crippen molar-refractivity contribution in [1.29, 1.82) is 0 Å². The lowest BCUT2D eigenvalue weighted by atomic mass is 10.0. The van der Waals surface area contributed by atoms with E-state index in [1.165, 1.54) is 7.11 Å². The topological polar surface area (TPSA) is 64.6 Å². The summed E-state index contributed by atoms with van der Waals surface area (Å²) in [7, 11) is 2.89. The lowest BCUT2D eigenvalue weighted by Crippen LogP contribution is -2.43. The molecule has 2 aromatic carbocycles. The third-order valence-electron chi connectivity index (χ3n) is 3.85. The second kappa shape index (κ2) is 8.33. The number of methoxy groups -OCH3 is 2. The molecule has 0 saturated heterocycles. The monoisotopic (exact) mass is 341 g/mol. The first-order valence-electron chi connectivity index (χ1n) is 8.03. The normalized spacial score (nSPS) is 11.5. The lowest BCUT2D eigenvalue weighted by molar-refractivity contribution is -0.142. The molecule has 0 heterocycles. The number of aryl methyl sites for hydroxylation is 2. The summed E-state index contributed by atoms with van der Waals surface area (Å²) in [6, 6.07) is 12.2. The van der Waals surface area contributed by atoms with Gasteiger partial charge in [0.2, 0.25) is 0 Å². The van der Waals surface area contributed by atoms with Crippen LogP contribution in [0.3, 0.4) is 0 Å². The van der Waals surface area contributed by atoms with Crippen LogP contribution in [0, 0.1) is 13.8 Å². The van der Waals surface area contributed by atoms with Gasteiger partial charge in [-0.1, -0.05) is 29.3 Å². The number of ether oxygens (including phenoxy) is 2. The molecule has 2 aromatic rings. The Bertz CT molecular complexity index is 750. The maximum absolute atomic E-state index is 12.5. The van der Waals surface area contributed by atoms with Gasteiger partial charge >= 0.3 is 5.97 Å². The minimum Gasteiger partial charge on any atom is -0.497 e. The van der Waals surface area contributed by atoms with E-state index in [4.69, 9.17) is 9.47 Å². The van der Waals surface area contributed by atoms with Crippen LogP contribution in [-0.2, 0) is 16.0 Å². The quantitative estimate of drug-likeness (QED) is 0.821. The molecule has 0 unspecified atom stereocenters. The van der Waals surface area contributed by atoms with E-state index >= 15 is 0 Å². The Morgan fingerprint density at radius 2 is 1.72 bits per heavy atom. The highest BCUT2D eigenvalue weighted by Crippen LogP contribution is 2.15. The highest BCUT2D eigenvalue weighted by molar-refractivity contribution is 5.97. The average molecular weight is 341 g/mol. The van der Waals surface area contributed by atoms with Gasteiger partial charge in [-0.25, -0.2) is 4.79 Å². The van der Waals surface area contributed by atoms with Crippen molar-refractivity contribution < 1.29 is 19.1 Å². The number of rotatable bonds is 6. The van der Waals surface area contributed by atoms with Crippen molar-refractivity contribution in [2.45, 2.75) is 26.3 Å². The first kappa shape index (κ1) is 18.5. The molecule has 0 aliphatic heterocycles. The average Bonchev–Trinajstić information content (AvgIpc) is 2.59. The van der Waals surface area contributed by atoms with Crippen molar-refractivity contribution in [3.8, 4) is 5.75 Å². The Morgan fingerprint density at radius 1 is 1.04 bits per heavy atom. The van der Waals surface area contributed by atoms with Gasteiger partial charge in [-0.2, -0.15) is 0 Å². The van der Waals surface area contributed by atoms with Gasteiger partial charge in [0, 0.05) is 12.0 Å². The molecule has 0 bridgehead atoms. The summed E-state index contributed by atoms with van der Waals surface area (Å²) in [6.07, 6.45) is 0.320. The molecule has 0 spiro atoms. The van der Waals surface area contributed by atoms with Gasteiger partial charge in [-0.3, -0.25) is 4.79 Å². The molecule has 5 nitrogen and oxygen atoms in total. The molecule has 0 saturated carbocycles. The summed E-state index contributed by atoms with van der Waals surface area (Å²) in [5, 5.41) is 2.77. The van der Waals surface area contributed by atoms with Crippen molar-refractivity contribution >= 4 is 11.9 Å². The van der Waals surface area contributed by atoms with E-state index in [9.17, 15) is 9.59 Å². The fourth-order valence-corrected chi connectivity index (χ4v) is 2.72. The van der Waals surface area contributed by atoms with Crippen LogP contribution in [-0.4, -0.2) is 32.1 Å². The van der Waals surface area contributed by atoms with Crippen LogP contribution >= 0.6 is 0 Å². The van der Waals surface area contributed by atoms with Gasteiger partial charge in [0.15, 0.2) is 0 Å². The van der Waals surface area contributed by atoms with Crippen molar-refractivity contribution in [3.63, 3.8) is 0 Å². The molecular formula is C20H23NO4. The number of nitrogens with one attached hydrogen (secondary N) is 1. The third kappa shape index (κ3) is 5.08. The van der Waals surface area contributed by atoms with Crippen LogP contribution in [0.2, 0.25) is 0 Å². The number of carbonyl (C=O) groups excluding carboxylic acids is 2. The summed E-state index contributed by atoms with van der Waals surface area (Å²) >= 11 is 0. The van der Waals surface area contributed by atoms with Crippen LogP contribution in [0.1, 0.15) is 27.0 Å². The summed E-state index contributed by atoms with van der Waals surface area (Å²) in [6.45, 7) is 3.86. The summed E-state index contributed by atoms with van der Waals surface area (Å²) in [5.74, 6) is -0.0904. The molecule has 1 N–H and O–H groups in total. The largest absolute Gasteiger partial charge is 0.497 e. The van der Waals surface area contributed by atoms with E-state index in [-0.39, 0.29) is 5.91 Å². The maximum atomic E-state index is 12.5. The highest BCUT2D eigenvalue weighted by atomic mass is 16.5. The minimum absolute atomic E-state index is 0.301. The molecule has 132 valence electrons. The first-order chi connectivity index (χ1) is 11.9. The molecule has 2 rings (SSSR count). The van der Waals surface area contributed by atoms with E-state index in [1.54, 1.807) is 19.2 Å². The van der Waals surface area contributed by atoms with Gasteiger partial charge in [0.1, 0.15) is 11.8 Å². The van der Waals surface area contributed by atoms with Gasteiger partial charge in [-0.15, -0.1) is 0 Å². The fourth-order valence-electron chi connectivity index (χ4n) is 2.72. The Labute approximate surface area is 148 Å². The molecule has 5 heteroatoms. The molecular weight excluding hydrogens is 318 g/mol. The number of carbonyl (C=O) groups is 2. The maximum Gasteiger partial charge on any atom is 0.328 e. The number of hydrogen-bond donors (Lipinski definition) is 1. The molecule has 0 radical (unpaired) electrons. The van der Waals surface area contributed by atoms with E-state index in [1.807, 2.05) is 44.2 Å². The van der Waals surface area contributed by atoms with Gasteiger partial charge in [0.05, 0.1) is 14.2 Å². The zero-order valence-corrected chi connectivity index (χ0v) is 15.0. The van der Waals surface area contributed by atoms with Crippen LogP contribution in [0.5, 0.6) is 5.75 Å². The molecule has 0 aliphatic rings. The second-order valence-electron chi connectivity index (χ2n) is 5.98. The van der Waals surface area contributed by atoms with E-state index in [0.29, 0.717) is 17.7 Å². The third-order valence-corrected chi connectivity index (χ3v) is 3.85. The Hall–Kier alpha value is -2.82. The predicted molar refractivity (Wildman–Crippen MR) is 95.9 cm³/mol. The summed E-state index contributed by atoms with van der Waals surface area (Å²) in [4.78, 5) is 24.7. The number of amides is 1. The van der Waals surface area contributed by atoms with Crippen molar-refractivity contribution in [2.75, 3.05) is 14.2 Å². The molecule has 25 heavy (non-hydrogen) atoms. The van der Waals surface area contributed by atoms with E-state index in [2.05, 4.69) is 5.32 Å². The van der Waals surface area contributed by atoms with Crippen molar-refractivity contribution in [2.24, 2.45) is 0 Å². The second-order valence-corrected chi connectivity index (χ2v) is 5.98.